The molecule has 0 heterocycles. The average Bonchev–Trinajstić information content (AvgIpc) is 1.88. The fraction of sp³-hybridized carbons (Fsp3) is 0. The second kappa shape index (κ2) is 2.90. The molecule has 10 heavy (non-hydrogen) atoms. The van der Waals surface area contributed by atoms with Crippen molar-refractivity contribution >= 4 is 25.9 Å². The monoisotopic (exact) mass is 132 g/mol. The fourth-order valence-corrected chi connectivity index (χ4v) is 0.746. The minimum absolute atomic E-state index is 0.350. The highest BCUT2D eigenvalue weighted by Gasteiger charge is 2.11. The van der Waals surface area contributed by atoms with Crippen molar-refractivity contribution in [2.45, 2.75) is 0 Å². The smallest absolute Gasteiger partial charge is 0.423 e. The van der Waals surface area contributed by atoms with Crippen LogP contribution in [0.3, 0.4) is 0 Å². The molecule has 0 aliphatic rings. The summed E-state index contributed by atoms with van der Waals surface area (Å²) in [6.07, 6.45) is 0. The van der Waals surface area contributed by atoms with Crippen LogP contribution in [-0.4, -0.2) is 25.0 Å². The predicted molar refractivity (Wildman–Crippen MR) is 41.7 cm³/mol. The van der Waals surface area contributed by atoms with Crippen LogP contribution >= 0.6 is 0 Å². The van der Waals surface area contributed by atoms with Gasteiger partial charge in [0.2, 0.25) is 0 Å². The van der Waals surface area contributed by atoms with Crippen LogP contribution in [-0.2, 0) is 0 Å². The summed E-state index contributed by atoms with van der Waals surface area (Å²) >= 11 is 0. The van der Waals surface area contributed by atoms with Gasteiger partial charge in [-0.2, -0.15) is 0 Å². The molecule has 48 valence electrons. The molecule has 0 aromatic heterocycles. The molecule has 0 aliphatic carbocycles. The first-order valence-corrected chi connectivity index (χ1v) is 2.92. The highest BCUT2D eigenvalue weighted by molar-refractivity contribution is 6.64. The van der Waals surface area contributed by atoms with Gasteiger partial charge in [-0.3, -0.25) is 0 Å². The molecule has 2 nitrogen and oxygen atoms in total. The van der Waals surface area contributed by atoms with Crippen molar-refractivity contribution < 1.29 is 10.0 Å². The molecule has 2 N–H and O–H groups in total. The first-order valence-electron chi connectivity index (χ1n) is 2.92. The quantitative estimate of drug-likeness (QED) is 0.440. The largest absolute Gasteiger partial charge is 0.487 e. The van der Waals surface area contributed by atoms with Gasteiger partial charge >= 0.3 is 7.12 Å². The minimum atomic E-state index is -1.47. The molecule has 2 radical (unpaired) electrons. The molecule has 0 atom stereocenters. The molecule has 1 aromatic rings. The first-order chi connectivity index (χ1) is 4.72. The van der Waals surface area contributed by atoms with Crippen LogP contribution in [0.15, 0.2) is 24.3 Å². The van der Waals surface area contributed by atoms with Crippen molar-refractivity contribution in [3.63, 3.8) is 0 Å². The Labute approximate surface area is 61.1 Å². The van der Waals surface area contributed by atoms with E-state index < -0.39 is 7.12 Å². The summed E-state index contributed by atoms with van der Waals surface area (Å²) in [7, 11) is 3.93. The van der Waals surface area contributed by atoms with Gasteiger partial charge in [-0.1, -0.05) is 29.7 Å². The van der Waals surface area contributed by atoms with Crippen molar-refractivity contribution in [3.05, 3.63) is 24.3 Å². The lowest BCUT2D eigenvalue weighted by Crippen LogP contribution is -2.40. The minimum Gasteiger partial charge on any atom is -0.423 e. The average molecular weight is 132 g/mol. The van der Waals surface area contributed by atoms with Crippen LogP contribution in [0.5, 0.6) is 0 Å². The Bertz CT molecular complexity index is 225. The summed E-state index contributed by atoms with van der Waals surface area (Å²) in [5.74, 6) is 0. The van der Waals surface area contributed by atoms with Crippen molar-refractivity contribution in [1.29, 1.82) is 0 Å². The normalized spacial score (nSPS) is 9.40. The van der Waals surface area contributed by atoms with E-state index in [1.165, 1.54) is 0 Å². The summed E-state index contributed by atoms with van der Waals surface area (Å²) < 4.78 is 0. The van der Waals surface area contributed by atoms with E-state index in [0.29, 0.717) is 10.9 Å². The fourth-order valence-electron chi connectivity index (χ4n) is 0.746. The summed E-state index contributed by atoms with van der Waals surface area (Å²) in [6.45, 7) is 0. The Balaban J connectivity index is 3.03. The topological polar surface area (TPSA) is 40.5 Å². The number of hydrogen-bond acceptors (Lipinski definition) is 2. The van der Waals surface area contributed by atoms with E-state index in [-0.39, 0.29) is 0 Å². The molecule has 0 saturated heterocycles. The first kappa shape index (κ1) is 7.38. The zero-order valence-corrected chi connectivity index (χ0v) is 5.36. The molecule has 1 aromatic carbocycles. The highest BCUT2D eigenvalue weighted by Crippen LogP contribution is 1.79. The summed E-state index contributed by atoms with van der Waals surface area (Å²) in [4.78, 5) is 0. The molecule has 0 aliphatic heterocycles. The van der Waals surface area contributed by atoms with E-state index in [4.69, 9.17) is 17.9 Å². The lowest BCUT2D eigenvalue weighted by molar-refractivity contribution is 0.426. The molecule has 1 rings (SSSR count). The second-order valence-electron chi connectivity index (χ2n) is 2.00. The summed E-state index contributed by atoms with van der Waals surface area (Å²) in [5.41, 5.74) is 0.750. The number of rotatable bonds is 1. The lowest BCUT2D eigenvalue weighted by atomic mass is 9.72. The molecule has 0 unspecified atom stereocenters. The van der Waals surface area contributed by atoms with E-state index in [1.807, 2.05) is 0 Å². The van der Waals surface area contributed by atoms with Gasteiger partial charge in [-0.05, 0) is 5.46 Å². The van der Waals surface area contributed by atoms with Gasteiger partial charge in [0, 0.05) is 0 Å². The zero-order chi connectivity index (χ0) is 7.56. The SMILES string of the molecule is [B]c1ccccc1B(O)O. The van der Waals surface area contributed by atoms with E-state index in [0.717, 1.165) is 0 Å². The molecule has 0 fully saturated rings. The van der Waals surface area contributed by atoms with E-state index in [1.54, 1.807) is 24.3 Å². The Morgan fingerprint density at radius 3 is 2.20 bits per heavy atom. The lowest BCUT2D eigenvalue weighted by Gasteiger charge is -2.01. The van der Waals surface area contributed by atoms with Gasteiger partial charge < -0.3 is 10.0 Å². The molecule has 0 amide bonds. The second-order valence-corrected chi connectivity index (χ2v) is 2.00. The Morgan fingerprint density at radius 1 is 1.20 bits per heavy atom. The highest BCUT2D eigenvalue weighted by atomic mass is 16.4. The maximum absolute atomic E-state index is 8.68. The van der Waals surface area contributed by atoms with Crippen LogP contribution in [0.25, 0.3) is 0 Å². The molecular formula is C6H6B2O2. The number of benzene rings is 1. The third-order valence-corrected chi connectivity index (χ3v) is 1.27. The Morgan fingerprint density at radius 2 is 1.80 bits per heavy atom. The molecule has 0 saturated carbocycles. The summed E-state index contributed by atoms with van der Waals surface area (Å²) in [6, 6.07) is 6.63. The third kappa shape index (κ3) is 1.40. The van der Waals surface area contributed by atoms with Crippen LogP contribution in [0.2, 0.25) is 0 Å². The van der Waals surface area contributed by atoms with Crippen molar-refractivity contribution in [1.82, 2.24) is 0 Å². The van der Waals surface area contributed by atoms with Crippen LogP contribution in [0.4, 0.5) is 0 Å². The van der Waals surface area contributed by atoms with Gasteiger partial charge in [-0.15, -0.1) is 0 Å². The van der Waals surface area contributed by atoms with Crippen LogP contribution in [0.1, 0.15) is 0 Å². The van der Waals surface area contributed by atoms with Gasteiger partial charge in [0.15, 0.2) is 0 Å². The van der Waals surface area contributed by atoms with Crippen LogP contribution in [0, 0.1) is 0 Å². The summed E-state index contributed by atoms with van der Waals surface area (Å²) in [5, 5.41) is 17.4. The third-order valence-electron chi connectivity index (χ3n) is 1.27. The maximum atomic E-state index is 8.68. The van der Waals surface area contributed by atoms with Crippen molar-refractivity contribution in [2.24, 2.45) is 0 Å². The van der Waals surface area contributed by atoms with Crippen molar-refractivity contribution in [2.75, 3.05) is 0 Å². The van der Waals surface area contributed by atoms with Crippen LogP contribution < -0.4 is 10.9 Å². The van der Waals surface area contributed by atoms with Crippen molar-refractivity contribution in [3.8, 4) is 0 Å². The Kier molecular flexibility index (Phi) is 2.14. The van der Waals surface area contributed by atoms with E-state index in [9.17, 15) is 0 Å². The van der Waals surface area contributed by atoms with Gasteiger partial charge in [0.05, 0.1) is 0 Å². The zero-order valence-electron chi connectivity index (χ0n) is 5.36. The van der Waals surface area contributed by atoms with Gasteiger partial charge in [0.25, 0.3) is 0 Å². The molecular weight excluding hydrogens is 126 g/mol. The standard InChI is InChI=1S/C6H6B2O2/c7-5-3-1-2-4-6(5)8(9)10/h1-4,9-10H. The molecule has 0 spiro atoms. The van der Waals surface area contributed by atoms with E-state index >= 15 is 0 Å². The maximum Gasteiger partial charge on any atom is 0.487 e. The Hall–Kier alpha value is -0.730. The van der Waals surface area contributed by atoms with Gasteiger partial charge in [-0.25, -0.2) is 0 Å². The molecule has 4 heteroatoms. The molecule has 0 bridgehead atoms. The number of hydrogen-bond donors (Lipinski definition) is 2. The van der Waals surface area contributed by atoms with Gasteiger partial charge in [0.1, 0.15) is 7.85 Å². The predicted octanol–water partition coefficient (Wildman–Crippen LogP) is -1.84. The van der Waals surface area contributed by atoms with E-state index in [2.05, 4.69) is 0 Å².